The molecular formula is C19H23ClN2O. The lowest BCUT2D eigenvalue weighted by atomic mass is 9.86. The van der Waals surface area contributed by atoms with E-state index in [4.69, 9.17) is 11.6 Å². The van der Waals surface area contributed by atoms with Crippen LogP contribution >= 0.6 is 11.6 Å². The summed E-state index contributed by atoms with van der Waals surface area (Å²) in [5.74, 6) is 0. The molecule has 0 aliphatic heterocycles. The lowest BCUT2D eigenvalue weighted by Gasteiger charge is -2.21. The second-order valence-corrected chi connectivity index (χ2v) is 7.14. The molecule has 0 aliphatic carbocycles. The fraction of sp³-hybridized carbons (Fsp3) is 0.316. The van der Waals surface area contributed by atoms with Gasteiger partial charge >= 0.3 is 6.03 Å². The van der Waals surface area contributed by atoms with Gasteiger partial charge in [-0.25, -0.2) is 4.79 Å². The van der Waals surface area contributed by atoms with Gasteiger partial charge < -0.3 is 10.6 Å². The normalized spacial score (nSPS) is 12.6. The smallest absolute Gasteiger partial charge is 0.319 e. The van der Waals surface area contributed by atoms with Gasteiger partial charge in [-0.1, -0.05) is 56.6 Å². The SMILES string of the molecule is C[C@@H](NC(=O)Nc1ccc(Cl)cc1)c1ccc(C(C)(C)C)cc1. The summed E-state index contributed by atoms with van der Waals surface area (Å²) in [6.07, 6.45) is 0. The van der Waals surface area contributed by atoms with E-state index in [9.17, 15) is 4.79 Å². The van der Waals surface area contributed by atoms with E-state index in [0.717, 1.165) is 5.56 Å². The summed E-state index contributed by atoms with van der Waals surface area (Å²) in [5.41, 5.74) is 3.19. The fourth-order valence-corrected chi connectivity index (χ4v) is 2.38. The van der Waals surface area contributed by atoms with Crippen LogP contribution in [0.4, 0.5) is 10.5 Å². The molecule has 0 bridgehead atoms. The summed E-state index contributed by atoms with van der Waals surface area (Å²) in [5, 5.41) is 6.37. The van der Waals surface area contributed by atoms with E-state index in [1.807, 2.05) is 6.92 Å². The maximum atomic E-state index is 12.1. The molecule has 1 atom stereocenters. The van der Waals surface area contributed by atoms with Crippen LogP contribution in [0, 0.1) is 0 Å². The van der Waals surface area contributed by atoms with Crippen molar-refractivity contribution in [2.45, 2.75) is 39.2 Å². The summed E-state index contributed by atoms with van der Waals surface area (Å²) in [6.45, 7) is 8.52. The van der Waals surface area contributed by atoms with Crippen LogP contribution in [0.1, 0.15) is 44.9 Å². The van der Waals surface area contributed by atoms with Gasteiger partial charge in [0.2, 0.25) is 0 Å². The highest BCUT2D eigenvalue weighted by Crippen LogP contribution is 2.24. The lowest BCUT2D eigenvalue weighted by molar-refractivity contribution is 0.249. The zero-order valence-corrected chi connectivity index (χ0v) is 14.7. The van der Waals surface area contributed by atoms with E-state index in [-0.39, 0.29) is 17.5 Å². The molecule has 122 valence electrons. The Morgan fingerprint density at radius 2 is 1.57 bits per heavy atom. The molecule has 0 unspecified atom stereocenters. The predicted octanol–water partition coefficient (Wildman–Crippen LogP) is 5.52. The Bertz CT molecular complexity index is 657. The monoisotopic (exact) mass is 330 g/mol. The standard InChI is InChI=1S/C19H23ClN2O/c1-13(14-5-7-15(8-6-14)19(2,3)4)21-18(23)22-17-11-9-16(20)10-12-17/h5-13H,1-4H3,(H2,21,22,23)/t13-/m1/s1. The molecule has 2 aromatic carbocycles. The Hall–Kier alpha value is -2.00. The van der Waals surface area contributed by atoms with Crippen molar-refractivity contribution in [2.24, 2.45) is 0 Å². The molecule has 0 radical (unpaired) electrons. The lowest BCUT2D eigenvalue weighted by Crippen LogP contribution is -2.31. The van der Waals surface area contributed by atoms with E-state index >= 15 is 0 Å². The molecule has 2 aromatic rings. The molecule has 23 heavy (non-hydrogen) atoms. The molecule has 0 saturated heterocycles. The first-order chi connectivity index (χ1) is 10.8. The van der Waals surface area contributed by atoms with Crippen LogP contribution in [0.2, 0.25) is 5.02 Å². The van der Waals surface area contributed by atoms with Crippen molar-refractivity contribution in [1.29, 1.82) is 0 Å². The van der Waals surface area contributed by atoms with Crippen molar-refractivity contribution in [1.82, 2.24) is 5.32 Å². The van der Waals surface area contributed by atoms with Gasteiger partial charge in [0, 0.05) is 10.7 Å². The zero-order valence-electron chi connectivity index (χ0n) is 14.0. The molecule has 0 saturated carbocycles. The number of carbonyl (C=O) groups excluding carboxylic acids is 1. The quantitative estimate of drug-likeness (QED) is 0.764. The molecule has 3 nitrogen and oxygen atoms in total. The van der Waals surface area contributed by atoms with E-state index in [0.29, 0.717) is 10.7 Å². The highest BCUT2D eigenvalue weighted by molar-refractivity contribution is 6.30. The van der Waals surface area contributed by atoms with E-state index in [1.165, 1.54) is 5.56 Å². The Morgan fingerprint density at radius 3 is 2.09 bits per heavy atom. The van der Waals surface area contributed by atoms with E-state index in [2.05, 4.69) is 55.7 Å². The topological polar surface area (TPSA) is 41.1 Å². The van der Waals surface area contributed by atoms with E-state index in [1.54, 1.807) is 24.3 Å². The van der Waals surface area contributed by atoms with Crippen LogP contribution in [-0.4, -0.2) is 6.03 Å². The minimum Gasteiger partial charge on any atom is -0.331 e. The second-order valence-electron chi connectivity index (χ2n) is 6.70. The fourth-order valence-electron chi connectivity index (χ4n) is 2.25. The summed E-state index contributed by atoms with van der Waals surface area (Å²) in [4.78, 5) is 12.1. The number of hydrogen-bond donors (Lipinski definition) is 2. The van der Waals surface area contributed by atoms with Crippen molar-refractivity contribution < 1.29 is 4.79 Å². The van der Waals surface area contributed by atoms with Gasteiger partial charge in [0.15, 0.2) is 0 Å². The number of anilines is 1. The number of halogens is 1. The third-order valence-corrected chi connectivity index (χ3v) is 3.98. The van der Waals surface area contributed by atoms with Crippen LogP contribution in [0.15, 0.2) is 48.5 Å². The average molecular weight is 331 g/mol. The zero-order chi connectivity index (χ0) is 17.0. The van der Waals surface area contributed by atoms with Crippen LogP contribution in [0.3, 0.4) is 0 Å². The van der Waals surface area contributed by atoms with Crippen LogP contribution in [0.5, 0.6) is 0 Å². The number of carbonyl (C=O) groups is 1. The van der Waals surface area contributed by atoms with Gasteiger partial charge in [-0.2, -0.15) is 0 Å². The van der Waals surface area contributed by atoms with Crippen molar-refractivity contribution in [2.75, 3.05) is 5.32 Å². The number of nitrogens with one attached hydrogen (secondary N) is 2. The van der Waals surface area contributed by atoms with Gasteiger partial charge in [0.25, 0.3) is 0 Å². The number of benzene rings is 2. The number of amides is 2. The first-order valence-corrected chi connectivity index (χ1v) is 8.07. The summed E-state index contributed by atoms with van der Waals surface area (Å²) in [7, 11) is 0. The summed E-state index contributed by atoms with van der Waals surface area (Å²) < 4.78 is 0. The van der Waals surface area contributed by atoms with Crippen molar-refractivity contribution >= 4 is 23.3 Å². The third kappa shape index (κ3) is 5.00. The van der Waals surface area contributed by atoms with Crippen LogP contribution in [-0.2, 0) is 5.41 Å². The first-order valence-electron chi connectivity index (χ1n) is 7.69. The number of rotatable bonds is 3. The molecule has 2 rings (SSSR count). The van der Waals surface area contributed by atoms with Crippen molar-refractivity contribution in [3.8, 4) is 0 Å². The van der Waals surface area contributed by atoms with Crippen LogP contribution < -0.4 is 10.6 Å². The maximum Gasteiger partial charge on any atom is 0.319 e. The Kier molecular flexibility index (Phi) is 5.32. The van der Waals surface area contributed by atoms with Crippen LogP contribution in [0.25, 0.3) is 0 Å². The second kappa shape index (κ2) is 7.05. The summed E-state index contributed by atoms with van der Waals surface area (Å²) in [6, 6.07) is 15.1. The molecule has 0 aliphatic rings. The third-order valence-electron chi connectivity index (χ3n) is 3.73. The van der Waals surface area contributed by atoms with Gasteiger partial charge in [0.05, 0.1) is 6.04 Å². The predicted molar refractivity (Wildman–Crippen MR) is 97.2 cm³/mol. The van der Waals surface area contributed by atoms with Crippen molar-refractivity contribution in [3.63, 3.8) is 0 Å². The minimum absolute atomic E-state index is 0.0729. The maximum absolute atomic E-state index is 12.1. The molecule has 2 amide bonds. The van der Waals surface area contributed by atoms with Gasteiger partial charge in [-0.15, -0.1) is 0 Å². The van der Waals surface area contributed by atoms with Gasteiger partial charge in [-0.05, 0) is 47.7 Å². The Balaban J connectivity index is 1.96. The largest absolute Gasteiger partial charge is 0.331 e. The molecular weight excluding hydrogens is 308 g/mol. The highest BCUT2D eigenvalue weighted by atomic mass is 35.5. The number of hydrogen-bond acceptors (Lipinski definition) is 1. The summed E-state index contributed by atoms with van der Waals surface area (Å²) >= 11 is 5.83. The van der Waals surface area contributed by atoms with Gasteiger partial charge in [0.1, 0.15) is 0 Å². The molecule has 0 heterocycles. The molecule has 0 aromatic heterocycles. The van der Waals surface area contributed by atoms with Crippen molar-refractivity contribution in [3.05, 3.63) is 64.7 Å². The minimum atomic E-state index is -0.236. The Morgan fingerprint density at radius 1 is 1.00 bits per heavy atom. The molecule has 4 heteroatoms. The molecule has 0 spiro atoms. The van der Waals surface area contributed by atoms with Gasteiger partial charge in [-0.3, -0.25) is 0 Å². The highest BCUT2D eigenvalue weighted by Gasteiger charge is 2.15. The first kappa shape index (κ1) is 17.4. The average Bonchev–Trinajstić information content (AvgIpc) is 2.49. The molecule has 0 fully saturated rings. The molecule has 2 N–H and O–H groups in total. The van der Waals surface area contributed by atoms with E-state index < -0.39 is 0 Å². The number of urea groups is 1. The Labute approximate surface area is 143 Å².